The van der Waals surface area contributed by atoms with Crippen molar-refractivity contribution in [2.45, 2.75) is 46.6 Å². The molecule has 2 N–H and O–H groups in total. The molecule has 7 heteroatoms. The van der Waals surface area contributed by atoms with Gasteiger partial charge in [-0.15, -0.1) is 10.2 Å². The van der Waals surface area contributed by atoms with Crippen LogP contribution in [0.3, 0.4) is 0 Å². The minimum absolute atomic E-state index is 0.219. The van der Waals surface area contributed by atoms with Gasteiger partial charge in [-0.2, -0.15) is 5.10 Å². The van der Waals surface area contributed by atoms with Gasteiger partial charge in [0.05, 0.1) is 6.21 Å². The van der Waals surface area contributed by atoms with E-state index in [0.717, 1.165) is 23.2 Å². The first-order valence-corrected chi connectivity index (χ1v) is 8.67. The van der Waals surface area contributed by atoms with Gasteiger partial charge in [0.2, 0.25) is 5.95 Å². The van der Waals surface area contributed by atoms with Crippen molar-refractivity contribution < 1.29 is 0 Å². The van der Waals surface area contributed by atoms with Gasteiger partial charge in [-0.25, -0.2) is 5.43 Å². The highest BCUT2D eigenvalue weighted by Gasteiger charge is 2.20. The number of anilines is 1. The number of nitrogens with zero attached hydrogens (tertiary/aromatic N) is 4. The lowest BCUT2D eigenvalue weighted by Gasteiger charge is -2.15. The highest BCUT2D eigenvalue weighted by Crippen LogP contribution is 2.24. The molecule has 0 amide bonds. The maximum Gasteiger partial charge on any atom is 0.274 e. The summed E-state index contributed by atoms with van der Waals surface area (Å²) in [5, 5.41) is 13.4. The highest BCUT2D eigenvalue weighted by molar-refractivity contribution is 6.01. The van der Waals surface area contributed by atoms with Gasteiger partial charge in [0.25, 0.3) is 5.56 Å². The Bertz CT molecular complexity index is 1020. The summed E-state index contributed by atoms with van der Waals surface area (Å²) in [6.45, 7) is 10.8. The van der Waals surface area contributed by atoms with Crippen molar-refractivity contribution in [1.29, 1.82) is 0 Å². The average molecular weight is 352 g/mol. The molecule has 2 heterocycles. The third kappa shape index (κ3) is 3.24. The van der Waals surface area contributed by atoms with Gasteiger partial charge in [0.15, 0.2) is 0 Å². The van der Waals surface area contributed by atoms with E-state index in [1.54, 1.807) is 6.21 Å². The summed E-state index contributed by atoms with van der Waals surface area (Å²) in [4.78, 5) is 14.8. The molecular formula is C19H24N6O. The van der Waals surface area contributed by atoms with Crippen molar-refractivity contribution in [3.8, 4) is 0 Å². The predicted molar refractivity (Wildman–Crippen MR) is 105 cm³/mol. The molecule has 0 spiro atoms. The minimum atomic E-state index is -0.360. The topological polar surface area (TPSA) is 88.0 Å². The second-order valence-electron chi connectivity index (χ2n) is 7.23. The summed E-state index contributed by atoms with van der Waals surface area (Å²) in [7, 11) is 0. The zero-order valence-corrected chi connectivity index (χ0v) is 15.8. The van der Waals surface area contributed by atoms with Gasteiger partial charge >= 0.3 is 0 Å². The first kappa shape index (κ1) is 17.8. The van der Waals surface area contributed by atoms with Gasteiger partial charge in [0.1, 0.15) is 5.69 Å². The van der Waals surface area contributed by atoms with E-state index in [-0.39, 0.29) is 16.9 Å². The fraction of sp³-hybridized carbons (Fsp3) is 0.368. The van der Waals surface area contributed by atoms with Crippen LogP contribution in [0.2, 0.25) is 0 Å². The van der Waals surface area contributed by atoms with Crippen LogP contribution >= 0.6 is 0 Å². The lowest BCUT2D eigenvalue weighted by atomic mass is 9.93. The number of nitrogens with one attached hydrogen (secondary N) is 2. The van der Waals surface area contributed by atoms with E-state index in [4.69, 9.17) is 0 Å². The largest absolute Gasteiger partial charge is 0.344 e. The lowest BCUT2D eigenvalue weighted by Crippen LogP contribution is -2.28. The monoisotopic (exact) mass is 352 g/mol. The van der Waals surface area contributed by atoms with Crippen LogP contribution in [-0.4, -0.2) is 26.0 Å². The maximum atomic E-state index is 12.1. The van der Waals surface area contributed by atoms with E-state index < -0.39 is 0 Å². The molecule has 0 aliphatic heterocycles. The van der Waals surface area contributed by atoms with Crippen molar-refractivity contribution >= 4 is 23.1 Å². The van der Waals surface area contributed by atoms with E-state index in [1.807, 2.05) is 32.9 Å². The number of H-pyrrole nitrogens is 1. The summed E-state index contributed by atoms with van der Waals surface area (Å²) in [5.74, 6) is 0.219. The van der Waals surface area contributed by atoms with Crippen molar-refractivity contribution in [2.24, 2.45) is 5.10 Å². The zero-order chi connectivity index (χ0) is 18.9. The normalized spacial score (nSPS) is 12.2. The Balaban J connectivity index is 1.88. The average Bonchev–Trinajstić information content (AvgIpc) is 2.85. The smallest absolute Gasteiger partial charge is 0.274 e. The molecule has 0 unspecified atom stereocenters. The third-order valence-electron chi connectivity index (χ3n) is 4.37. The van der Waals surface area contributed by atoms with E-state index in [2.05, 4.69) is 56.3 Å². The zero-order valence-electron chi connectivity index (χ0n) is 15.8. The molecule has 0 bridgehead atoms. The Hall–Kier alpha value is -2.96. The van der Waals surface area contributed by atoms with Gasteiger partial charge in [-0.1, -0.05) is 39.0 Å². The lowest BCUT2D eigenvalue weighted by molar-refractivity contribution is 0.547. The summed E-state index contributed by atoms with van der Waals surface area (Å²) in [6, 6.07) is 8.23. The first-order chi connectivity index (χ1) is 12.3. The van der Waals surface area contributed by atoms with Crippen LogP contribution in [0.5, 0.6) is 0 Å². The standard InChI is InChI=1S/C19H24N6O/c1-6-25-12(2)14(13-9-7-8-10-15(13)25)11-20-23-18-21-17(26)16(22-24-18)19(3,4)5/h7-11H,6H2,1-5H3,(H2,21,23,24,26)/b20-11+. The fourth-order valence-electron chi connectivity index (χ4n) is 3.06. The Morgan fingerprint density at radius 2 is 2.00 bits per heavy atom. The summed E-state index contributed by atoms with van der Waals surface area (Å²) in [5.41, 5.74) is 5.90. The van der Waals surface area contributed by atoms with Crippen molar-refractivity contribution in [3.63, 3.8) is 0 Å². The van der Waals surface area contributed by atoms with E-state index in [9.17, 15) is 4.79 Å². The van der Waals surface area contributed by atoms with Gasteiger partial charge in [-0.05, 0) is 19.9 Å². The van der Waals surface area contributed by atoms with Crippen LogP contribution in [0.25, 0.3) is 10.9 Å². The Morgan fingerprint density at radius 1 is 1.27 bits per heavy atom. The number of hydrogen-bond donors (Lipinski definition) is 2. The van der Waals surface area contributed by atoms with Gasteiger partial charge < -0.3 is 4.57 Å². The Labute approximate surface area is 152 Å². The minimum Gasteiger partial charge on any atom is -0.344 e. The van der Waals surface area contributed by atoms with Crippen molar-refractivity contribution in [2.75, 3.05) is 5.43 Å². The summed E-state index contributed by atoms with van der Waals surface area (Å²) < 4.78 is 2.25. The van der Waals surface area contributed by atoms with Gasteiger partial charge in [0, 0.05) is 34.1 Å². The number of hydrogen-bond acceptors (Lipinski definition) is 5. The van der Waals surface area contributed by atoms with E-state index in [1.165, 1.54) is 5.52 Å². The predicted octanol–water partition coefficient (Wildman–Crippen LogP) is 3.19. The summed E-state index contributed by atoms with van der Waals surface area (Å²) in [6.07, 6.45) is 1.75. The number of hydrazone groups is 1. The Morgan fingerprint density at radius 3 is 2.65 bits per heavy atom. The molecule has 0 fully saturated rings. The molecule has 0 aliphatic rings. The second kappa shape index (κ2) is 6.74. The third-order valence-corrected chi connectivity index (χ3v) is 4.37. The number of benzene rings is 1. The molecular weight excluding hydrogens is 328 g/mol. The molecule has 3 aromatic rings. The van der Waals surface area contributed by atoms with Crippen LogP contribution < -0.4 is 11.0 Å². The number of para-hydroxylation sites is 1. The molecule has 0 atom stereocenters. The Kier molecular flexibility index (Phi) is 4.63. The first-order valence-electron chi connectivity index (χ1n) is 8.67. The van der Waals surface area contributed by atoms with Crippen LogP contribution in [0.15, 0.2) is 34.2 Å². The molecule has 1 aromatic carbocycles. The van der Waals surface area contributed by atoms with E-state index >= 15 is 0 Å². The molecule has 2 aromatic heterocycles. The van der Waals surface area contributed by atoms with E-state index in [0.29, 0.717) is 5.69 Å². The summed E-state index contributed by atoms with van der Waals surface area (Å²) >= 11 is 0. The number of fused-ring (bicyclic) bond motifs is 1. The fourth-order valence-corrected chi connectivity index (χ4v) is 3.06. The number of rotatable bonds is 4. The molecule has 136 valence electrons. The van der Waals surface area contributed by atoms with Crippen molar-refractivity contribution in [3.05, 3.63) is 51.6 Å². The molecule has 0 saturated heterocycles. The van der Waals surface area contributed by atoms with Crippen molar-refractivity contribution in [1.82, 2.24) is 19.7 Å². The van der Waals surface area contributed by atoms with Crippen LogP contribution in [0.1, 0.15) is 44.6 Å². The molecule has 7 nitrogen and oxygen atoms in total. The van der Waals surface area contributed by atoms with Crippen LogP contribution in [-0.2, 0) is 12.0 Å². The highest BCUT2D eigenvalue weighted by atomic mass is 16.1. The number of aryl methyl sites for hydroxylation is 1. The molecule has 0 aliphatic carbocycles. The molecule has 26 heavy (non-hydrogen) atoms. The number of aromatic nitrogens is 4. The quantitative estimate of drug-likeness (QED) is 0.557. The number of aromatic amines is 1. The molecule has 0 radical (unpaired) electrons. The second-order valence-corrected chi connectivity index (χ2v) is 7.23. The van der Waals surface area contributed by atoms with Crippen LogP contribution in [0, 0.1) is 6.92 Å². The van der Waals surface area contributed by atoms with Gasteiger partial charge in [-0.3, -0.25) is 9.78 Å². The van der Waals surface area contributed by atoms with Crippen LogP contribution in [0.4, 0.5) is 5.95 Å². The molecule has 3 rings (SSSR count). The maximum absolute atomic E-state index is 12.1. The SMILES string of the molecule is CCn1c(C)c(/C=N/Nc2nnc(C(C)(C)C)c(=O)[nH]2)c2ccccc21. The molecule has 0 saturated carbocycles.